The molecular formula is C6H11O2. The average molecular weight is 115 g/mol. The lowest BCUT2D eigenvalue weighted by Crippen LogP contribution is -2.09. The molecule has 0 unspecified atom stereocenters. The summed E-state index contributed by atoms with van der Waals surface area (Å²) in [4.78, 5) is 10.3. The maximum Gasteiger partial charge on any atom is 0.306 e. The zero-order valence-corrected chi connectivity index (χ0v) is 5.31. The zero-order chi connectivity index (χ0) is 6.57. The van der Waals surface area contributed by atoms with Crippen molar-refractivity contribution in [2.75, 3.05) is 0 Å². The van der Waals surface area contributed by atoms with Gasteiger partial charge < -0.3 is 4.74 Å². The molecule has 1 radical (unpaired) electrons. The van der Waals surface area contributed by atoms with Gasteiger partial charge in [0.15, 0.2) is 0 Å². The molecule has 0 bridgehead atoms. The van der Waals surface area contributed by atoms with Crippen LogP contribution in [0.4, 0.5) is 0 Å². The van der Waals surface area contributed by atoms with Crippen molar-refractivity contribution < 1.29 is 9.53 Å². The molecule has 47 valence electrons. The van der Waals surface area contributed by atoms with Crippen LogP contribution in [0, 0.1) is 6.92 Å². The van der Waals surface area contributed by atoms with Gasteiger partial charge in [-0.2, -0.15) is 0 Å². The van der Waals surface area contributed by atoms with Crippen LogP contribution in [0.3, 0.4) is 0 Å². The van der Waals surface area contributed by atoms with Crippen molar-refractivity contribution in [1.82, 2.24) is 0 Å². The van der Waals surface area contributed by atoms with Crippen LogP contribution in [0.25, 0.3) is 0 Å². The van der Waals surface area contributed by atoms with Gasteiger partial charge in [-0.1, -0.05) is 0 Å². The van der Waals surface area contributed by atoms with Crippen molar-refractivity contribution in [1.29, 1.82) is 0 Å². The molecule has 0 aliphatic heterocycles. The minimum absolute atomic E-state index is 0.00995. The van der Waals surface area contributed by atoms with Crippen LogP contribution >= 0.6 is 0 Å². The minimum atomic E-state index is -0.236. The first-order chi connectivity index (χ1) is 3.66. The smallest absolute Gasteiger partial charge is 0.306 e. The summed E-state index contributed by atoms with van der Waals surface area (Å²) in [5.41, 5.74) is 0. The normalized spacial score (nSPS) is 9.50. The van der Waals surface area contributed by atoms with Crippen molar-refractivity contribution in [3.63, 3.8) is 0 Å². The quantitative estimate of drug-likeness (QED) is 0.505. The zero-order valence-electron chi connectivity index (χ0n) is 5.31. The highest BCUT2D eigenvalue weighted by atomic mass is 16.5. The van der Waals surface area contributed by atoms with Gasteiger partial charge in [-0.05, 0) is 20.8 Å². The Hall–Kier alpha value is -0.530. The Morgan fingerprint density at radius 1 is 1.75 bits per heavy atom. The molecular weight excluding hydrogens is 104 g/mol. The molecule has 0 aromatic rings. The predicted octanol–water partition coefficient (Wildman–Crippen LogP) is 1.16. The van der Waals surface area contributed by atoms with Crippen LogP contribution in [-0.2, 0) is 9.53 Å². The number of carbonyl (C=O) groups is 1. The predicted molar refractivity (Wildman–Crippen MR) is 31.2 cm³/mol. The standard InChI is InChI=1S/C6H11O2/c1-4-6(7)8-5(2)3/h5H,1,4H2,2-3H3. The summed E-state index contributed by atoms with van der Waals surface area (Å²) in [7, 11) is 0. The highest BCUT2D eigenvalue weighted by molar-refractivity contribution is 5.69. The first-order valence-corrected chi connectivity index (χ1v) is 2.65. The molecule has 0 aromatic carbocycles. The molecule has 0 atom stereocenters. The number of hydrogen-bond acceptors (Lipinski definition) is 2. The van der Waals surface area contributed by atoms with Crippen molar-refractivity contribution in [3.8, 4) is 0 Å². The van der Waals surface area contributed by atoms with E-state index in [4.69, 9.17) is 4.74 Å². The topological polar surface area (TPSA) is 26.3 Å². The summed E-state index contributed by atoms with van der Waals surface area (Å²) in [6.45, 7) is 6.99. The van der Waals surface area contributed by atoms with Crippen LogP contribution < -0.4 is 0 Å². The summed E-state index contributed by atoms with van der Waals surface area (Å²) in [5, 5.41) is 0. The van der Waals surface area contributed by atoms with Gasteiger partial charge in [0, 0.05) is 6.42 Å². The third kappa shape index (κ3) is 3.65. The lowest BCUT2D eigenvalue weighted by molar-refractivity contribution is -0.146. The Kier molecular flexibility index (Phi) is 3.24. The van der Waals surface area contributed by atoms with Crippen LogP contribution in [0.1, 0.15) is 20.3 Å². The van der Waals surface area contributed by atoms with E-state index in [-0.39, 0.29) is 18.5 Å². The molecule has 0 fully saturated rings. The third-order valence-electron chi connectivity index (χ3n) is 0.571. The van der Waals surface area contributed by atoms with E-state index in [1.165, 1.54) is 0 Å². The summed E-state index contributed by atoms with van der Waals surface area (Å²) in [5.74, 6) is -0.236. The number of esters is 1. The van der Waals surface area contributed by atoms with E-state index >= 15 is 0 Å². The second kappa shape index (κ2) is 3.47. The van der Waals surface area contributed by atoms with Gasteiger partial charge >= 0.3 is 5.97 Å². The molecule has 0 heterocycles. The maximum atomic E-state index is 10.3. The van der Waals surface area contributed by atoms with E-state index in [1.807, 2.05) is 13.8 Å². The van der Waals surface area contributed by atoms with E-state index in [0.29, 0.717) is 0 Å². The van der Waals surface area contributed by atoms with Gasteiger partial charge in [-0.15, -0.1) is 0 Å². The summed E-state index contributed by atoms with van der Waals surface area (Å²) in [6, 6.07) is 0. The number of rotatable bonds is 2. The van der Waals surface area contributed by atoms with Crippen LogP contribution in [0.15, 0.2) is 0 Å². The molecule has 2 nitrogen and oxygen atoms in total. The van der Waals surface area contributed by atoms with Gasteiger partial charge in [0.1, 0.15) is 0 Å². The van der Waals surface area contributed by atoms with Crippen LogP contribution in [0.2, 0.25) is 0 Å². The molecule has 0 amide bonds. The molecule has 0 aliphatic carbocycles. The molecule has 0 saturated heterocycles. The fraction of sp³-hybridized carbons (Fsp3) is 0.667. The second-order valence-electron chi connectivity index (χ2n) is 1.79. The Morgan fingerprint density at radius 3 is 2.38 bits per heavy atom. The molecule has 0 N–H and O–H groups in total. The molecule has 0 aliphatic rings. The van der Waals surface area contributed by atoms with Crippen LogP contribution in [0.5, 0.6) is 0 Å². The van der Waals surface area contributed by atoms with Crippen molar-refractivity contribution in [2.45, 2.75) is 26.4 Å². The lowest BCUT2D eigenvalue weighted by atomic mass is 10.4. The largest absolute Gasteiger partial charge is 0.463 e. The summed E-state index contributed by atoms with van der Waals surface area (Å²) < 4.78 is 4.70. The molecule has 0 saturated carbocycles. The van der Waals surface area contributed by atoms with Crippen molar-refractivity contribution in [3.05, 3.63) is 6.92 Å². The van der Waals surface area contributed by atoms with E-state index in [2.05, 4.69) is 6.92 Å². The highest BCUT2D eigenvalue weighted by Crippen LogP contribution is 1.90. The fourth-order valence-electron chi connectivity index (χ4n) is 0.322. The molecule has 8 heavy (non-hydrogen) atoms. The first-order valence-electron chi connectivity index (χ1n) is 2.65. The summed E-state index contributed by atoms with van der Waals surface area (Å²) in [6.07, 6.45) is 0.210. The highest BCUT2D eigenvalue weighted by Gasteiger charge is 1.98. The number of carbonyl (C=O) groups excluding carboxylic acids is 1. The fourth-order valence-corrected chi connectivity index (χ4v) is 0.322. The molecule has 2 heteroatoms. The Labute approximate surface area is 49.8 Å². The Morgan fingerprint density at radius 2 is 2.25 bits per heavy atom. The van der Waals surface area contributed by atoms with Gasteiger partial charge in [0.25, 0.3) is 0 Å². The monoisotopic (exact) mass is 115 g/mol. The van der Waals surface area contributed by atoms with Gasteiger partial charge in [0.2, 0.25) is 0 Å². The Bertz CT molecular complexity index is 76.6. The second-order valence-corrected chi connectivity index (χ2v) is 1.79. The minimum Gasteiger partial charge on any atom is -0.463 e. The molecule has 0 rings (SSSR count). The average Bonchev–Trinajstić information content (AvgIpc) is 1.65. The molecule has 0 aromatic heterocycles. The van der Waals surface area contributed by atoms with E-state index in [9.17, 15) is 4.79 Å². The van der Waals surface area contributed by atoms with E-state index in [0.717, 1.165) is 0 Å². The van der Waals surface area contributed by atoms with Crippen molar-refractivity contribution in [2.24, 2.45) is 0 Å². The van der Waals surface area contributed by atoms with Crippen molar-refractivity contribution >= 4 is 5.97 Å². The summed E-state index contributed by atoms with van der Waals surface area (Å²) >= 11 is 0. The van der Waals surface area contributed by atoms with E-state index in [1.54, 1.807) is 0 Å². The van der Waals surface area contributed by atoms with Crippen LogP contribution in [-0.4, -0.2) is 12.1 Å². The van der Waals surface area contributed by atoms with Gasteiger partial charge in [0.05, 0.1) is 6.10 Å². The van der Waals surface area contributed by atoms with Gasteiger partial charge in [-0.3, -0.25) is 4.79 Å². The number of ether oxygens (including phenoxy) is 1. The van der Waals surface area contributed by atoms with Gasteiger partial charge in [-0.25, -0.2) is 0 Å². The SMILES string of the molecule is [CH2]CC(=O)OC(C)C. The van der Waals surface area contributed by atoms with E-state index < -0.39 is 0 Å². The molecule has 0 spiro atoms. The first kappa shape index (κ1) is 7.47. The Balaban J connectivity index is 3.25. The maximum absolute atomic E-state index is 10.3. The number of hydrogen-bond donors (Lipinski definition) is 0. The third-order valence-corrected chi connectivity index (χ3v) is 0.571. The lowest BCUT2D eigenvalue weighted by Gasteiger charge is -2.04.